The Morgan fingerprint density at radius 1 is 1.69 bits per heavy atom. The maximum absolute atomic E-state index is 10.9. The van der Waals surface area contributed by atoms with Crippen molar-refractivity contribution in [3.63, 3.8) is 0 Å². The number of nitrogens with zero attached hydrogens (tertiary/aromatic N) is 1. The molecule has 0 spiro atoms. The summed E-state index contributed by atoms with van der Waals surface area (Å²) in [6.45, 7) is 5.37. The summed E-state index contributed by atoms with van der Waals surface area (Å²) in [7, 11) is 0. The van der Waals surface area contributed by atoms with Crippen LogP contribution in [0.4, 0.5) is 0 Å². The van der Waals surface area contributed by atoms with Crippen LogP contribution in [-0.4, -0.2) is 46.8 Å². The molecule has 0 amide bonds. The second-order valence-electron chi connectivity index (χ2n) is 4.20. The van der Waals surface area contributed by atoms with Gasteiger partial charge in [0.25, 0.3) is 0 Å². The van der Waals surface area contributed by atoms with E-state index in [1.54, 1.807) is 13.8 Å². The lowest BCUT2D eigenvalue weighted by Crippen LogP contribution is -2.34. The summed E-state index contributed by atoms with van der Waals surface area (Å²) in [4.78, 5) is 12.9. The van der Waals surface area contributed by atoms with Crippen LogP contribution in [0.2, 0.25) is 0 Å². The molecule has 4 nitrogen and oxygen atoms in total. The van der Waals surface area contributed by atoms with Gasteiger partial charge in [0, 0.05) is 13.1 Å². The van der Waals surface area contributed by atoms with E-state index in [0.29, 0.717) is 19.5 Å². The lowest BCUT2D eigenvalue weighted by molar-refractivity contribution is -0.147. The number of carboxylic acid groups (broad SMARTS) is 1. The van der Waals surface area contributed by atoms with E-state index in [-0.39, 0.29) is 6.10 Å². The number of β-amino-alcohol motifs (C(OH)–C–C–N with tert-alkyl or cyclic N) is 1. The predicted molar refractivity (Wildman–Crippen MR) is 48.5 cm³/mol. The molecular formula is C9H17NO3. The largest absolute Gasteiger partial charge is 0.481 e. The summed E-state index contributed by atoms with van der Waals surface area (Å²) < 4.78 is 0. The van der Waals surface area contributed by atoms with Crippen LogP contribution in [0, 0.1) is 5.41 Å². The zero-order chi connectivity index (χ0) is 10.1. The number of carboxylic acids is 1. The molecule has 0 saturated carbocycles. The normalized spacial score (nSPS) is 31.9. The summed E-state index contributed by atoms with van der Waals surface area (Å²) in [5, 5.41) is 18.1. The van der Waals surface area contributed by atoms with Crippen molar-refractivity contribution >= 4 is 5.97 Å². The van der Waals surface area contributed by atoms with Crippen molar-refractivity contribution in [3.05, 3.63) is 0 Å². The van der Waals surface area contributed by atoms with Gasteiger partial charge in [-0.15, -0.1) is 0 Å². The van der Waals surface area contributed by atoms with Crippen LogP contribution in [0.3, 0.4) is 0 Å². The first-order valence-corrected chi connectivity index (χ1v) is 4.58. The van der Waals surface area contributed by atoms with Gasteiger partial charge in [-0.2, -0.15) is 0 Å². The molecule has 0 aromatic rings. The second kappa shape index (κ2) is 3.64. The van der Waals surface area contributed by atoms with Crippen molar-refractivity contribution in [2.45, 2.75) is 26.4 Å². The van der Waals surface area contributed by atoms with E-state index in [0.717, 1.165) is 6.54 Å². The Hall–Kier alpha value is -0.610. The van der Waals surface area contributed by atoms with E-state index in [2.05, 4.69) is 0 Å². The molecule has 0 aliphatic carbocycles. The van der Waals surface area contributed by atoms with Crippen molar-refractivity contribution in [2.24, 2.45) is 5.41 Å². The number of aliphatic carboxylic acids is 1. The molecule has 1 aliphatic heterocycles. The molecule has 0 bridgehead atoms. The molecule has 1 fully saturated rings. The number of hydrogen-bond acceptors (Lipinski definition) is 3. The molecule has 13 heavy (non-hydrogen) atoms. The average Bonchev–Trinajstić information content (AvgIpc) is 2.32. The summed E-state index contributed by atoms with van der Waals surface area (Å²) in [6.07, 6.45) is 0.297. The summed E-state index contributed by atoms with van der Waals surface area (Å²) >= 11 is 0. The van der Waals surface area contributed by atoms with E-state index in [1.165, 1.54) is 0 Å². The molecule has 2 unspecified atom stereocenters. The summed E-state index contributed by atoms with van der Waals surface area (Å²) in [6, 6.07) is 0. The third kappa shape index (κ3) is 2.42. The third-order valence-corrected chi connectivity index (χ3v) is 2.59. The van der Waals surface area contributed by atoms with Crippen LogP contribution in [0.25, 0.3) is 0 Å². The van der Waals surface area contributed by atoms with Crippen LogP contribution < -0.4 is 0 Å². The molecular weight excluding hydrogens is 170 g/mol. The van der Waals surface area contributed by atoms with Gasteiger partial charge in [0.2, 0.25) is 0 Å². The smallest absolute Gasteiger partial charge is 0.310 e. The van der Waals surface area contributed by atoms with E-state index in [4.69, 9.17) is 10.2 Å². The molecule has 1 aliphatic rings. The SMILES string of the molecule is CC(O)CN1CCC(C)(C(=O)O)C1. The summed E-state index contributed by atoms with van der Waals surface area (Å²) in [5.41, 5.74) is -0.616. The maximum Gasteiger partial charge on any atom is 0.310 e. The Morgan fingerprint density at radius 2 is 2.31 bits per heavy atom. The first-order chi connectivity index (χ1) is 5.94. The van der Waals surface area contributed by atoms with Gasteiger partial charge in [0.15, 0.2) is 0 Å². The highest BCUT2D eigenvalue weighted by atomic mass is 16.4. The highest BCUT2D eigenvalue weighted by molar-refractivity contribution is 5.74. The zero-order valence-corrected chi connectivity index (χ0v) is 8.16. The lowest BCUT2D eigenvalue weighted by Gasteiger charge is -2.20. The van der Waals surface area contributed by atoms with Crippen LogP contribution in [0.1, 0.15) is 20.3 Å². The summed E-state index contributed by atoms with van der Waals surface area (Å²) in [5.74, 6) is -0.736. The molecule has 0 aromatic carbocycles. The van der Waals surface area contributed by atoms with Crippen LogP contribution >= 0.6 is 0 Å². The van der Waals surface area contributed by atoms with Gasteiger partial charge in [0.1, 0.15) is 0 Å². The van der Waals surface area contributed by atoms with Gasteiger partial charge in [-0.3, -0.25) is 9.69 Å². The van der Waals surface area contributed by atoms with Crippen LogP contribution in [0.15, 0.2) is 0 Å². The Balaban J connectivity index is 2.48. The minimum atomic E-state index is -0.736. The van der Waals surface area contributed by atoms with Crippen LogP contribution in [0.5, 0.6) is 0 Å². The van der Waals surface area contributed by atoms with E-state index in [1.807, 2.05) is 4.90 Å². The Morgan fingerprint density at radius 3 is 2.69 bits per heavy atom. The average molecular weight is 187 g/mol. The number of carbonyl (C=O) groups is 1. The monoisotopic (exact) mass is 187 g/mol. The number of aliphatic hydroxyl groups excluding tert-OH is 1. The van der Waals surface area contributed by atoms with E-state index >= 15 is 0 Å². The van der Waals surface area contributed by atoms with E-state index in [9.17, 15) is 4.79 Å². The van der Waals surface area contributed by atoms with Gasteiger partial charge in [-0.1, -0.05) is 0 Å². The van der Waals surface area contributed by atoms with Crippen LogP contribution in [-0.2, 0) is 4.79 Å². The molecule has 1 saturated heterocycles. The fraction of sp³-hybridized carbons (Fsp3) is 0.889. The first kappa shape index (κ1) is 10.5. The van der Waals surface area contributed by atoms with Crippen molar-refractivity contribution in [1.82, 2.24) is 4.90 Å². The minimum Gasteiger partial charge on any atom is -0.481 e. The van der Waals surface area contributed by atoms with Gasteiger partial charge in [0.05, 0.1) is 11.5 Å². The Bertz CT molecular complexity index is 205. The van der Waals surface area contributed by atoms with Crippen molar-refractivity contribution < 1.29 is 15.0 Å². The lowest BCUT2D eigenvalue weighted by atomic mass is 9.90. The van der Waals surface area contributed by atoms with Crippen molar-refractivity contribution in [2.75, 3.05) is 19.6 Å². The van der Waals surface area contributed by atoms with Crippen molar-refractivity contribution in [3.8, 4) is 0 Å². The third-order valence-electron chi connectivity index (χ3n) is 2.59. The quantitative estimate of drug-likeness (QED) is 0.661. The second-order valence-corrected chi connectivity index (χ2v) is 4.20. The molecule has 0 radical (unpaired) electrons. The number of aliphatic hydroxyl groups is 1. The van der Waals surface area contributed by atoms with Crippen molar-refractivity contribution in [1.29, 1.82) is 0 Å². The molecule has 2 atom stereocenters. The maximum atomic E-state index is 10.9. The van der Waals surface area contributed by atoms with Gasteiger partial charge < -0.3 is 10.2 Å². The first-order valence-electron chi connectivity index (χ1n) is 4.58. The molecule has 2 N–H and O–H groups in total. The van der Waals surface area contributed by atoms with Gasteiger partial charge in [-0.25, -0.2) is 0 Å². The molecule has 0 aromatic heterocycles. The fourth-order valence-corrected chi connectivity index (χ4v) is 1.76. The topological polar surface area (TPSA) is 60.8 Å². The fourth-order valence-electron chi connectivity index (χ4n) is 1.76. The number of likely N-dealkylation sites (tertiary alicyclic amines) is 1. The highest BCUT2D eigenvalue weighted by Gasteiger charge is 2.40. The minimum absolute atomic E-state index is 0.379. The number of hydrogen-bond donors (Lipinski definition) is 2. The molecule has 4 heteroatoms. The molecule has 1 rings (SSSR count). The Labute approximate surface area is 78.2 Å². The number of rotatable bonds is 3. The van der Waals surface area contributed by atoms with E-state index < -0.39 is 11.4 Å². The molecule has 76 valence electrons. The Kier molecular flexibility index (Phi) is 2.93. The van der Waals surface area contributed by atoms with Gasteiger partial charge >= 0.3 is 5.97 Å². The van der Waals surface area contributed by atoms with Gasteiger partial charge in [-0.05, 0) is 26.8 Å². The zero-order valence-electron chi connectivity index (χ0n) is 8.16. The molecule has 1 heterocycles. The standard InChI is InChI=1S/C9H17NO3/c1-7(11)5-10-4-3-9(2,6-10)8(12)13/h7,11H,3-6H2,1-2H3,(H,12,13). The predicted octanol–water partition coefficient (Wildman–Crippen LogP) is 0.164. The highest BCUT2D eigenvalue weighted by Crippen LogP contribution is 2.29.